The first-order valence-electron chi connectivity index (χ1n) is 10.1. The van der Waals surface area contributed by atoms with Crippen molar-refractivity contribution in [3.8, 4) is 22.3 Å². The summed E-state index contributed by atoms with van der Waals surface area (Å²) in [6.07, 6.45) is 0. The summed E-state index contributed by atoms with van der Waals surface area (Å²) in [6, 6.07) is 24.2. The van der Waals surface area contributed by atoms with Gasteiger partial charge < -0.3 is 0 Å². The van der Waals surface area contributed by atoms with Gasteiger partial charge in [-0.05, 0) is 68.8 Å². The lowest BCUT2D eigenvalue weighted by Gasteiger charge is -2.30. The summed E-state index contributed by atoms with van der Waals surface area (Å²) in [5, 5.41) is 0. The third-order valence-electron chi connectivity index (χ3n) is 6.63. The Morgan fingerprint density at radius 2 is 0.848 bits per heavy atom. The van der Waals surface area contributed by atoms with Crippen molar-refractivity contribution >= 4 is 20.2 Å². The molecule has 0 heterocycles. The van der Waals surface area contributed by atoms with Crippen molar-refractivity contribution in [1.82, 2.24) is 0 Å². The van der Waals surface area contributed by atoms with Crippen LogP contribution in [-0.4, -0.2) is 25.9 Å². The zero-order valence-corrected chi connectivity index (χ0v) is 18.6. The fraction of sp³-hybridized carbons (Fsp3) is 0.0400. The Kier molecular flexibility index (Phi) is 3.93. The Morgan fingerprint density at radius 1 is 0.485 bits per heavy atom. The normalized spacial score (nSPS) is 15.1. The highest BCUT2D eigenvalue weighted by Gasteiger charge is 2.52. The maximum Gasteiger partial charge on any atom is 0.294 e. The average Bonchev–Trinajstić information content (AvgIpc) is 3.24. The van der Waals surface area contributed by atoms with E-state index in [2.05, 4.69) is 0 Å². The zero-order valence-electron chi connectivity index (χ0n) is 16.9. The topological polar surface area (TPSA) is 109 Å². The van der Waals surface area contributed by atoms with E-state index in [4.69, 9.17) is 0 Å². The lowest BCUT2D eigenvalue weighted by molar-refractivity contribution is 0.481. The molecule has 0 atom stereocenters. The molecule has 164 valence electrons. The summed E-state index contributed by atoms with van der Waals surface area (Å²) in [5.41, 5.74) is 5.31. The first-order valence-corrected chi connectivity index (χ1v) is 13.0. The molecule has 2 aliphatic carbocycles. The van der Waals surface area contributed by atoms with Gasteiger partial charge in [-0.3, -0.25) is 9.11 Å². The predicted molar refractivity (Wildman–Crippen MR) is 122 cm³/mol. The van der Waals surface area contributed by atoms with Gasteiger partial charge in [-0.15, -0.1) is 0 Å². The highest BCUT2D eigenvalue weighted by atomic mass is 32.2. The fourth-order valence-corrected chi connectivity index (χ4v) is 6.43. The second-order valence-corrected chi connectivity index (χ2v) is 11.0. The monoisotopic (exact) mass is 476 g/mol. The van der Waals surface area contributed by atoms with Gasteiger partial charge in [-0.1, -0.05) is 60.7 Å². The van der Waals surface area contributed by atoms with Crippen LogP contribution in [-0.2, 0) is 25.7 Å². The molecule has 0 aromatic heterocycles. The van der Waals surface area contributed by atoms with Gasteiger partial charge in [0, 0.05) is 0 Å². The Labute approximate surface area is 190 Å². The third kappa shape index (κ3) is 2.60. The number of fused-ring (bicyclic) bond motifs is 10. The van der Waals surface area contributed by atoms with Gasteiger partial charge in [0.05, 0.1) is 15.2 Å². The van der Waals surface area contributed by atoms with Crippen molar-refractivity contribution < 1.29 is 25.9 Å². The largest absolute Gasteiger partial charge is 0.294 e. The van der Waals surface area contributed by atoms with E-state index in [0.717, 1.165) is 33.4 Å². The Hall–Kier alpha value is -3.30. The molecule has 33 heavy (non-hydrogen) atoms. The summed E-state index contributed by atoms with van der Waals surface area (Å²) >= 11 is 0. The minimum absolute atomic E-state index is 0.245. The van der Waals surface area contributed by atoms with E-state index in [1.807, 2.05) is 48.5 Å². The van der Waals surface area contributed by atoms with Crippen molar-refractivity contribution in [3.05, 3.63) is 107 Å². The second kappa shape index (κ2) is 6.39. The highest BCUT2D eigenvalue weighted by Crippen LogP contribution is 2.63. The molecule has 2 aliphatic rings. The molecule has 0 amide bonds. The van der Waals surface area contributed by atoms with Crippen molar-refractivity contribution in [2.45, 2.75) is 15.2 Å². The molecule has 2 N–H and O–H groups in total. The van der Waals surface area contributed by atoms with Gasteiger partial charge in [0.25, 0.3) is 20.2 Å². The quantitative estimate of drug-likeness (QED) is 0.356. The molecule has 0 unspecified atom stereocenters. The van der Waals surface area contributed by atoms with Crippen LogP contribution in [0.3, 0.4) is 0 Å². The smallest absolute Gasteiger partial charge is 0.282 e. The standard InChI is InChI=1S/C25H16O6S2/c26-32(27,28)15-9-11-19-17-5-1-3-7-21(17)25(23(19)13-15)22-8-4-2-6-18(22)20-12-10-16(14-24(20)25)33(29,30)31/h1-14H,(H,26,27,28)(H,29,30,31). The van der Waals surface area contributed by atoms with Gasteiger partial charge >= 0.3 is 0 Å². The summed E-state index contributed by atoms with van der Waals surface area (Å²) in [4.78, 5) is -0.490. The van der Waals surface area contributed by atoms with E-state index in [9.17, 15) is 25.9 Å². The minimum Gasteiger partial charge on any atom is -0.282 e. The molecule has 0 saturated heterocycles. The van der Waals surface area contributed by atoms with Crippen molar-refractivity contribution in [3.63, 3.8) is 0 Å². The molecule has 8 heteroatoms. The number of rotatable bonds is 2. The Morgan fingerprint density at radius 3 is 1.24 bits per heavy atom. The lowest BCUT2D eigenvalue weighted by Crippen LogP contribution is -2.26. The predicted octanol–water partition coefficient (Wildman–Crippen LogP) is 4.52. The third-order valence-corrected chi connectivity index (χ3v) is 8.33. The van der Waals surface area contributed by atoms with Crippen LogP contribution in [0.25, 0.3) is 22.3 Å². The van der Waals surface area contributed by atoms with E-state index >= 15 is 0 Å². The van der Waals surface area contributed by atoms with E-state index in [0.29, 0.717) is 11.1 Å². The van der Waals surface area contributed by atoms with Crippen LogP contribution in [0.2, 0.25) is 0 Å². The number of hydrogen-bond donors (Lipinski definition) is 2. The van der Waals surface area contributed by atoms with Crippen molar-refractivity contribution in [1.29, 1.82) is 0 Å². The molecule has 0 fully saturated rings. The van der Waals surface area contributed by atoms with Gasteiger partial charge in [-0.2, -0.15) is 16.8 Å². The van der Waals surface area contributed by atoms with Crippen LogP contribution in [0, 0.1) is 0 Å². The van der Waals surface area contributed by atoms with Crippen molar-refractivity contribution in [2.24, 2.45) is 0 Å². The lowest BCUT2D eigenvalue weighted by atomic mass is 9.70. The van der Waals surface area contributed by atoms with E-state index in [-0.39, 0.29) is 9.79 Å². The summed E-state index contributed by atoms with van der Waals surface area (Å²) in [7, 11) is -8.96. The fourth-order valence-electron chi connectivity index (χ4n) is 5.42. The summed E-state index contributed by atoms with van der Waals surface area (Å²) < 4.78 is 67.7. The van der Waals surface area contributed by atoms with E-state index in [1.54, 1.807) is 12.1 Å². The Balaban J connectivity index is 1.84. The van der Waals surface area contributed by atoms with E-state index < -0.39 is 25.7 Å². The first kappa shape index (κ1) is 20.3. The maximum absolute atomic E-state index is 12.0. The van der Waals surface area contributed by atoms with Crippen LogP contribution >= 0.6 is 0 Å². The molecule has 6 rings (SSSR count). The zero-order chi connectivity index (χ0) is 23.2. The minimum atomic E-state index is -4.48. The van der Waals surface area contributed by atoms with E-state index in [1.165, 1.54) is 24.3 Å². The SMILES string of the molecule is O=S(=O)(O)c1ccc2c(c1)C1(c3ccccc3-2)c2ccccc2-c2ccc(S(=O)(=O)O)cc21. The number of hydrogen-bond acceptors (Lipinski definition) is 4. The van der Waals surface area contributed by atoms with Gasteiger partial charge in [0.2, 0.25) is 0 Å². The molecule has 0 radical (unpaired) electrons. The number of benzene rings is 4. The molecule has 0 saturated carbocycles. The summed E-state index contributed by atoms with van der Waals surface area (Å²) in [5.74, 6) is 0. The van der Waals surface area contributed by atoms with Gasteiger partial charge in [0.1, 0.15) is 0 Å². The van der Waals surface area contributed by atoms with Crippen molar-refractivity contribution in [2.75, 3.05) is 0 Å². The summed E-state index contributed by atoms with van der Waals surface area (Å²) in [6.45, 7) is 0. The van der Waals surface area contributed by atoms with Gasteiger partial charge in [-0.25, -0.2) is 0 Å². The molecule has 4 aromatic rings. The molecule has 0 aliphatic heterocycles. The first-order chi connectivity index (χ1) is 15.6. The molecule has 6 nitrogen and oxygen atoms in total. The molecule has 4 aromatic carbocycles. The highest BCUT2D eigenvalue weighted by molar-refractivity contribution is 7.86. The Bertz CT molecular complexity index is 1590. The molecular formula is C25H16O6S2. The van der Waals surface area contributed by atoms with Crippen LogP contribution in [0.5, 0.6) is 0 Å². The molecule has 0 bridgehead atoms. The average molecular weight is 477 g/mol. The van der Waals surface area contributed by atoms with Crippen LogP contribution in [0.15, 0.2) is 94.7 Å². The van der Waals surface area contributed by atoms with Gasteiger partial charge in [0.15, 0.2) is 0 Å². The van der Waals surface area contributed by atoms with Crippen LogP contribution in [0.4, 0.5) is 0 Å². The second-order valence-electron chi connectivity index (χ2n) is 8.21. The molecular weight excluding hydrogens is 460 g/mol. The van der Waals surface area contributed by atoms with Crippen LogP contribution < -0.4 is 0 Å². The van der Waals surface area contributed by atoms with Crippen LogP contribution in [0.1, 0.15) is 22.3 Å². The maximum atomic E-state index is 12.0. The molecule has 1 spiro atoms.